The first kappa shape index (κ1) is 19.4. The van der Waals surface area contributed by atoms with Crippen molar-refractivity contribution in [3.8, 4) is 11.8 Å². The minimum atomic E-state index is -0.798. The zero-order valence-corrected chi connectivity index (χ0v) is 16.5. The number of aliphatic hydroxyl groups is 2. The summed E-state index contributed by atoms with van der Waals surface area (Å²) in [4.78, 5) is 13.4. The minimum Gasteiger partial charge on any atom is -0.493 e. The number of benzene rings is 2. The Morgan fingerprint density at radius 2 is 2.00 bits per heavy atom. The van der Waals surface area contributed by atoms with Gasteiger partial charge in [-0.15, -0.1) is 0 Å². The van der Waals surface area contributed by atoms with Gasteiger partial charge >= 0.3 is 0 Å². The maximum Gasteiger partial charge on any atom is 0.193 e. The SMILES string of the molecule is CC1(C)C2=C(C(=O)c3ccc(OCC[C@H](O)CO)cc31)c1cc(C#N)ccc1C2. The molecular formula is C24H23NO4. The van der Waals surface area contributed by atoms with Crippen molar-refractivity contribution in [3.63, 3.8) is 0 Å². The molecule has 0 aromatic heterocycles. The summed E-state index contributed by atoms with van der Waals surface area (Å²) in [5.41, 5.74) is 5.55. The summed E-state index contributed by atoms with van der Waals surface area (Å²) in [7, 11) is 0. The van der Waals surface area contributed by atoms with Crippen molar-refractivity contribution in [1.29, 1.82) is 5.26 Å². The minimum absolute atomic E-state index is 0.00887. The molecule has 2 aromatic carbocycles. The van der Waals surface area contributed by atoms with Gasteiger partial charge in [-0.25, -0.2) is 0 Å². The highest BCUT2D eigenvalue weighted by atomic mass is 16.5. The molecule has 5 heteroatoms. The van der Waals surface area contributed by atoms with Gasteiger partial charge in [0.2, 0.25) is 0 Å². The largest absolute Gasteiger partial charge is 0.493 e. The zero-order valence-electron chi connectivity index (χ0n) is 16.5. The molecule has 2 aromatic rings. The number of carbonyl (C=O) groups excluding carboxylic acids is 1. The summed E-state index contributed by atoms with van der Waals surface area (Å²) in [6, 6.07) is 13.2. The van der Waals surface area contributed by atoms with Gasteiger partial charge in [0, 0.05) is 23.0 Å². The highest BCUT2D eigenvalue weighted by Crippen LogP contribution is 2.50. The standard InChI is InChI=1S/C24H23NO4/c1-24(2)20-11-17(29-8-7-16(27)13-26)5-6-18(20)23(28)22-19-9-14(12-25)3-4-15(19)10-21(22)24/h3-6,9,11,16,26-27H,7-8,10,13H2,1-2H3/t16-/m0/s1. The van der Waals surface area contributed by atoms with E-state index in [1.165, 1.54) is 0 Å². The van der Waals surface area contributed by atoms with E-state index >= 15 is 0 Å². The van der Waals surface area contributed by atoms with Crippen LogP contribution in [-0.2, 0) is 11.8 Å². The van der Waals surface area contributed by atoms with Gasteiger partial charge in [-0.1, -0.05) is 19.9 Å². The van der Waals surface area contributed by atoms with E-state index in [2.05, 4.69) is 19.9 Å². The summed E-state index contributed by atoms with van der Waals surface area (Å²) >= 11 is 0. The van der Waals surface area contributed by atoms with Crippen LogP contribution in [0.1, 0.15) is 52.9 Å². The van der Waals surface area contributed by atoms with E-state index in [1.807, 2.05) is 18.2 Å². The fourth-order valence-corrected chi connectivity index (χ4v) is 4.30. The predicted molar refractivity (Wildman–Crippen MR) is 109 cm³/mol. The Kier molecular flexibility index (Phi) is 4.77. The molecule has 5 nitrogen and oxygen atoms in total. The monoisotopic (exact) mass is 389 g/mol. The molecule has 29 heavy (non-hydrogen) atoms. The number of aliphatic hydroxyl groups excluding tert-OH is 2. The Bertz CT molecular complexity index is 1070. The van der Waals surface area contributed by atoms with Crippen molar-refractivity contribution in [2.75, 3.05) is 13.2 Å². The van der Waals surface area contributed by atoms with E-state index in [9.17, 15) is 15.2 Å². The van der Waals surface area contributed by atoms with Crippen molar-refractivity contribution in [1.82, 2.24) is 0 Å². The van der Waals surface area contributed by atoms with Crippen LogP contribution < -0.4 is 4.74 Å². The van der Waals surface area contributed by atoms with Crippen LogP contribution in [0.25, 0.3) is 5.57 Å². The number of carbonyl (C=O) groups is 1. The van der Waals surface area contributed by atoms with E-state index in [-0.39, 0.29) is 24.4 Å². The maximum absolute atomic E-state index is 13.4. The maximum atomic E-state index is 13.4. The Labute approximate surface area is 169 Å². The number of hydrogen-bond donors (Lipinski definition) is 2. The van der Waals surface area contributed by atoms with E-state index in [0.29, 0.717) is 29.7 Å². The normalized spacial score (nSPS) is 17.3. The lowest BCUT2D eigenvalue weighted by atomic mass is 9.68. The number of fused-ring (bicyclic) bond motifs is 3. The van der Waals surface area contributed by atoms with Crippen LogP contribution in [0, 0.1) is 11.3 Å². The number of hydrogen-bond acceptors (Lipinski definition) is 5. The van der Waals surface area contributed by atoms with Gasteiger partial charge in [0.25, 0.3) is 0 Å². The summed E-state index contributed by atoms with van der Waals surface area (Å²) in [5, 5.41) is 27.6. The van der Waals surface area contributed by atoms with Gasteiger partial charge < -0.3 is 14.9 Å². The Morgan fingerprint density at radius 1 is 1.21 bits per heavy atom. The first-order valence-electron chi connectivity index (χ1n) is 9.74. The summed E-state index contributed by atoms with van der Waals surface area (Å²) in [6.07, 6.45) is 0.234. The molecule has 0 saturated carbocycles. The van der Waals surface area contributed by atoms with Crippen molar-refractivity contribution < 1.29 is 19.7 Å². The third-order valence-electron chi connectivity index (χ3n) is 6.00. The van der Waals surface area contributed by atoms with Gasteiger partial charge in [0.1, 0.15) is 5.75 Å². The molecule has 0 saturated heterocycles. The fourth-order valence-electron chi connectivity index (χ4n) is 4.30. The number of nitrogens with zero attached hydrogens (tertiary/aromatic N) is 1. The highest BCUT2D eigenvalue weighted by Gasteiger charge is 2.42. The summed E-state index contributed by atoms with van der Waals surface area (Å²) < 4.78 is 5.74. The zero-order chi connectivity index (χ0) is 20.8. The lowest BCUT2D eigenvalue weighted by Gasteiger charge is -2.34. The molecule has 2 aliphatic rings. The molecular weight excluding hydrogens is 366 g/mol. The number of ether oxygens (including phenoxy) is 1. The smallest absolute Gasteiger partial charge is 0.193 e. The van der Waals surface area contributed by atoms with E-state index in [4.69, 9.17) is 9.84 Å². The number of ketones is 1. The quantitative estimate of drug-likeness (QED) is 0.820. The molecule has 0 spiro atoms. The molecule has 2 N–H and O–H groups in total. The van der Waals surface area contributed by atoms with Gasteiger partial charge in [0.05, 0.1) is 31.0 Å². The van der Waals surface area contributed by atoms with Crippen LogP contribution in [0.15, 0.2) is 42.0 Å². The van der Waals surface area contributed by atoms with Crippen LogP contribution >= 0.6 is 0 Å². The first-order valence-corrected chi connectivity index (χ1v) is 9.74. The van der Waals surface area contributed by atoms with Crippen LogP contribution in [0.2, 0.25) is 0 Å². The van der Waals surface area contributed by atoms with Crippen molar-refractivity contribution >= 4 is 11.4 Å². The highest BCUT2D eigenvalue weighted by molar-refractivity contribution is 6.33. The van der Waals surface area contributed by atoms with Gasteiger partial charge in [-0.05, 0) is 59.0 Å². The topological polar surface area (TPSA) is 90.6 Å². The van der Waals surface area contributed by atoms with E-state index in [0.717, 1.165) is 27.8 Å². The number of rotatable bonds is 5. The molecule has 2 aliphatic carbocycles. The Balaban J connectivity index is 1.70. The average molecular weight is 389 g/mol. The van der Waals surface area contributed by atoms with Gasteiger partial charge in [-0.3, -0.25) is 4.79 Å². The van der Waals surface area contributed by atoms with Crippen LogP contribution in [-0.4, -0.2) is 35.3 Å². The molecule has 0 radical (unpaired) electrons. The lowest BCUT2D eigenvalue weighted by Crippen LogP contribution is -2.29. The second kappa shape index (κ2) is 7.14. The Hall–Kier alpha value is -2.94. The fraction of sp³-hybridized carbons (Fsp3) is 0.333. The van der Waals surface area contributed by atoms with Gasteiger partial charge in [0.15, 0.2) is 5.78 Å². The molecule has 0 aliphatic heterocycles. The summed E-state index contributed by atoms with van der Waals surface area (Å²) in [6.45, 7) is 4.22. The van der Waals surface area contributed by atoms with Crippen LogP contribution in [0.5, 0.6) is 5.75 Å². The van der Waals surface area contributed by atoms with Crippen molar-refractivity contribution in [2.45, 2.75) is 38.2 Å². The third kappa shape index (κ3) is 3.15. The van der Waals surface area contributed by atoms with Crippen molar-refractivity contribution in [3.05, 3.63) is 69.8 Å². The first-order chi connectivity index (χ1) is 13.9. The molecule has 0 fully saturated rings. The number of allylic oxidation sites excluding steroid dienone is 2. The second-order valence-corrected chi connectivity index (χ2v) is 8.15. The van der Waals surface area contributed by atoms with Crippen LogP contribution in [0.3, 0.4) is 0 Å². The Morgan fingerprint density at radius 3 is 2.72 bits per heavy atom. The predicted octanol–water partition coefficient (Wildman–Crippen LogP) is 3.16. The molecule has 0 unspecified atom stereocenters. The third-order valence-corrected chi connectivity index (χ3v) is 6.00. The van der Waals surface area contributed by atoms with E-state index in [1.54, 1.807) is 18.2 Å². The molecule has 0 heterocycles. The van der Waals surface area contributed by atoms with E-state index < -0.39 is 6.10 Å². The molecule has 0 bridgehead atoms. The average Bonchev–Trinajstić information content (AvgIpc) is 3.12. The van der Waals surface area contributed by atoms with Gasteiger partial charge in [-0.2, -0.15) is 5.26 Å². The van der Waals surface area contributed by atoms with Crippen molar-refractivity contribution in [2.24, 2.45) is 0 Å². The number of nitriles is 1. The van der Waals surface area contributed by atoms with Crippen LogP contribution in [0.4, 0.5) is 0 Å². The molecule has 1 atom stereocenters. The molecule has 0 amide bonds. The second-order valence-electron chi connectivity index (χ2n) is 8.15. The lowest BCUT2D eigenvalue weighted by molar-refractivity contribution is 0.0754. The number of Topliss-reactive ketones (excluding diaryl/α,β-unsaturated/α-hetero) is 1. The molecule has 148 valence electrons. The molecule has 4 rings (SSSR count). The summed E-state index contributed by atoms with van der Waals surface area (Å²) in [5.74, 6) is 0.631.